The number of hydrogen-bond donors (Lipinski definition) is 3. The zero-order valence-electron chi connectivity index (χ0n) is 13.3. The summed E-state index contributed by atoms with van der Waals surface area (Å²) in [4.78, 5) is 25.0. The summed E-state index contributed by atoms with van der Waals surface area (Å²) in [6, 6.07) is 5.23. The van der Waals surface area contributed by atoms with E-state index in [0.717, 1.165) is 31.5 Å². The number of hydrogen-bond acceptors (Lipinski definition) is 5. The highest BCUT2D eigenvalue weighted by atomic mass is 35.5. The average Bonchev–Trinajstić information content (AvgIpc) is 3.18. The molecule has 3 N–H and O–H groups in total. The Labute approximate surface area is 150 Å². The van der Waals surface area contributed by atoms with Gasteiger partial charge in [0.1, 0.15) is 0 Å². The summed E-state index contributed by atoms with van der Waals surface area (Å²) in [6.45, 7) is 3.68. The molecule has 6 nitrogen and oxygen atoms in total. The van der Waals surface area contributed by atoms with Crippen LogP contribution >= 0.6 is 23.7 Å². The number of amides is 2. The first-order valence-electron chi connectivity index (χ1n) is 7.60. The number of nitrogens with one attached hydrogen (secondary N) is 3. The van der Waals surface area contributed by atoms with Crippen molar-refractivity contribution in [2.45, 2.75) is 25.8 Å². The van der Waals surface area contributed by atoms with Gasteiger partial charge in [0, 0.05) is 12.6 Å². The summed E-state index contributed by atoms with van der Waals surface area (Å²) in [5.74, 6) is -0.158. The number of carbonyl (C=O) groups is 2. The second-order valence-electron chi connectivity index (χ2n) is 5.57. The van der Waals surface area contributed by atoms with Crippen LogP contribution in [-0.2, 0) is 0 Å². The molecule has 1 atom stereocenters. The van der Waals surface area contributed by atoms with Crippen LogP contribution in [0.4, 0.5) is 5.00 Å². The SMILES string of the molecule is Cc1cc(NC(=O)c2ccco2)sc1C(=O)NC1CCCNC1.Cl. The monoisotopic (exact) mass is 369 g/mol. The molecule has 0 radical (unpaired) electrons. The molecule has 2 aromatic heterocycles. The van der Waals surface area contributed by atoms with Gasteiger partial charge in [-0.1, -0.05) is 0 Å². The lowest BCUT2D eigenvalue weighted by Crippen LogP contribution is -2.45. The highest BCUT2D eigenvalue weighted by Crippen LogP contribution is 2.27. The third kappa shape index (κ3) is 4.37. The Morgan fingerprint density at radius 1 is 1.38 bits per heavy atom. The number of rotatable bonds is 4. The Kier molecular flexibility index (Phi) is 6.42. The van der Waals surface area contributed by atoms with E-state index < -0.39 is 0 Å². The highest BCUT2D eigenvalue weighted by molar-refractivity contribution is 7.18. The summed E-state index contributed by atoms with van der Waals surface area (Å²) >= 11 is 1.28. The molecule has 3 rings (SSSR count). The molecule has 24 heavy (non-hydrogen) atoms. The van der Waals surface area contributed by atoms with Gasteiger partial charge in [0.05, 0.1) is 16.1 Å². The molecular weight excluding hydrogens is 350 g/mol. The fourth-order valence-corrected chi connectivity index (χ4v) is 3.55. The molecule has 0 aliphatic carbocycles. The van der Waals surface area contributed by atoms with Gasteiger partial charge < -0.3 is 20.4 Å². The van der Waals surface area contributed by atoms with Crippen molar-refractivity contribution in [1.82, 2.24) is 10.6 Å². The van der Waals surface area contributed by atoms with Gasteiger partial charge in [-0.05, 0) is 50.1 Å². The Morgan fingerprint density at radius 3 is 2.88 bits per heavy atom. The molecule has 0 saturated carbocycles. The Hall–Kier alpha value is -1.83. The Morgan fingerprint density at radius 2 is 2.21 bits per heavy atom. The van der Waals surface area contributed by atoms with Gasteiger partial charge in [0.15, 0.2) is 5.76 Å². The summed E-state index contributed by atoms with van der Waals surface area (Å²) in [5, 5.41) is 9.71. The second-order valence-corrected chi connectivity index (χ2v) is 6.62. The number of piperidine rings is 1. The number of halogens is 1. The molecule has 1 aliphatic heterocycles. The van der Waals surface area contributed by atoms with Crippen LogP contribution in [0.1, 0.15) is 38.6 Å². The fraction of sp³-hybridized carbons (Fsp3) is 0.375. The normalized spacial score (nSPS) is 17.0. The lowest BCUT2D eigenvalue weighted by molar-refractivity contribution is 0.0933. The van der Waals surface area contributed by atoms with Gasteiger partial charge in [0.2, 0.25) is 0 Å². The first-order valence-corrected chi connectivity index (χ1v) is 8.42. The van der Waals surface area contributed by atoms with Gasteiger partial charge in [-0.2, -0.15) is 0 Å². The molecule has 8 heteroatoms. The van der Waals surface area contributed by atoms with Crippen molar-refractivity contribution >= 4 is 40.6 Å². The number of anilines is 1. The zero-order valence-corrected chi connectivity index (χ0v) is 14.9. The smallest absolute Gasteiger partial charge is 0.291 e. The number of aryl methyl sites for hydroxylation is 1. The number of carbonyl (C=O) groups excluding carboxylic acids is 2. The van der Waals surface area contributed by atoms with E-state index in [9.17, 15) is 9.59 Å². The minimum Gasteiger partial charge on any atom is -0.459 e. The maximum absolute atomic E-state index is 12.4. The second kappa shape index (κ2) is 8.32. The van der Waals surface area contributed by atoms with Crippen molar-refractivity contribution < 1.29 is 14.0 Å². The minimum absolute atomic E-state index is 0. The van der Waals surface area contributed by atoms with Crippen LogP contribution in [0.15, 0.2) is 28.9 Å². The third-order valence-corrected chi connectivity index (χ3v) is 4.89. The lowest BCUT2D eigenvalue weighted by Gasteiger charge is -2.23. The van der Waals surface area contributed by atoms with Crippen molar-refractivity contribution in [3.63, 3.8) is 0 Å². The van der Waals surface area contributed by atoms with E-state index in [1.807, 2.05) is 6.92 Å². The van der Waals surface area contributed by atoms with Crippen LogP contribution in [0.3, 0.4) is 0 Å². The number of thiophene rings is 1. The summed E-state index contributed by atoms with van der Waals surface area (Å²) in [6.07, 6.45) is 3.51. The Balaban J connectivity index is 0.00000208. The third-order valence-electron chi connectivity index (χ3n) is 3.74. The average molecular weight is 370 g/mol. The highest BCUT2D eigenvalue weighted by Gasteiger charge is 2.20. The van der Waals surface area contributed by atoms with Crippen molar-refractivity contribution in [3.05, 3.63) is 40.7 Å². The van der Waals surface area contributed by atoms with Crippen molar-refractivity contribution in [1.29, 1.82) is 0 Å². The van der Waals surface area contributed by atoms with Crippen LogP contribution in [0.5, 0.6) is 0 Å². The first-order chi connectivity index (χ1) is 11.1. The standard InChI is InChI=1S/C16H19N3O3S.ClH/c1-10-8-13(19-15(20)12-5-3-7-22-12)23-14(10)16(21)18-11-4-2-6-17-9-11;/h3,5,7-8,11,17H,2,4,6,9H2,1H3,(H,18,21)(H,19,20);1H. The molecule has 1 unspecified atom stereocenters. The topological polar surface area (TPSA) is 83.4 Å². The number of furan rings is 1. The molecule has 1 aliphatic rings. The van der Waals surface area contributed by atoms with Crippen molar-refractivity contribution in [2.24, 2.45) is 0 Å². The molecule has 0 spiro atoms. The quantitative estimate of drug-likeness (QED) is 0.773. The molecule has 3 heterocycles. The van der Waals surface area contributed by atoms with E-state index in [1.165, 1.54) is 17.6 Å². The van der Waals surface area contributed by atoms with Crippen molar-refractivity contribution in [2.75, 3.05) is 18.4 Å². The van der Waals surface area contributed by atoms with E-state index >= 15 is 0 Å². The van der Waals surface area contributed by atoms with Gasteiger partial charge in [-0.3, -0.25) is 9.59 Å². The largest absolute Gasteiger partial charge is 0.459 e. The summed E-state index contributed by atoms with van der Waals surface area (Å²) < 4.78 is 5.06. The van der Waals surface area contributed by atoms with Gasteiger partial charge >= 0.3 is 0 Å². The molecule has 1 fully saturated rings. The first kappa shape index (κ1) is 18.5. The van der Waals surface area contributed by atoms with E-state index in [2.05, 4.69) is 16.0 Å². The molecule has 2 amide bonds. The lowest BCUT2D eigenvalue weighted by atomic mass is 10.1. The molecule has 2 aromatic rings. The van der Waals surface area contributed by atoms with Crippen LogP contribution in [0.25, 0.3) is 0 Å². The van der Waals surface area contributed by atoms with E-state index in [4.69, 9.17) is 4.42 Å². The van der Waals surface area contributed by atoms with Gasteiger partial charge in [-0.15, -0.1) is 23.7 Å². The van der Waals surface area contributed by atoms with Crippen LogP contribution in [0, 0.1) is 6.92 Å². The predicted octanol–water partition coefficient (Wildman–Crippen LogP) is 2.81. The van der Waals surface area contributed by atoms with Crippen LogP contribution < -0.4 is 16.0 Å². The maximum atomic E-state index is 12.4. The van der Waals surface area contributed by atoms with Gasteiger partial charge in [-0.25, -0.2) is 0 Å². The fourth-order valence-electron chi connectivity index (χ4n) is 2.58. The molecule has 0 aromatic carbocycles. The van der Waals surface area contributed by atoms with E-state index in [0.29, 0.717) is 9.88 Å². The summed E-state index contributed by atoms with van der Waals surface area (Å²) in [5.41, 5.74) is 0.853. The molecular formula is C16H20ClN3O3S. The Bertz CT molecular complexity index is 693. The summed E-state index contributed by atoms with van der Waals surface area (Å²) in [7, 11) is 0. The molecule has 130 valence electrons. The minimum atomic E-state index is -0.320. The van der Waals surface area contributed by atoms with E-state index in [-0.39, 0.29) is 36.0 Å². The molecule has 1 saturated heterocycles. The van der Waals surface area contributed by atoms with E-state index in [1.54, 1.807) is 18.2 Å². The predicted molar refractivity (Wildman–Crippen MR) is 96.3 cm³/mol. The van der Waals surface area contributed by atoms with Crippen LogP contribution in [-0.4, -0.2) is 30.9 Å². The van der Waals surface area contributed by atoms with Gasteiger partial charge in [0.25, 0.3) is 11.8 Å². The van der Waals surface area contributed by atoms with Crippen LogP contribution in [0.2, 0.25) is 0 Å². The zero-order chi connectivity index (χ0) is 16.2. The van der Waals surface area contributed by atoms with Crippen molar-refractivity contribution in [3.8, 4) is 0 Å². The maximum Gasteiger partial charge on any atom is 0.291 e. The molecule has 0 bridgehead atoms.